The highest BCUT2D eigenvalue weighted by Crippen LogP contribution is 2.22. The van der Waals surface area contributed by atoms with E-state index in [9.17, 15) is 0 Å². The molecule has 0 atom stereocenters. The average molecular weight is 270 g/mol. The normalized spacial score (nSPS) is 10.8. The molecule has 3 nitrogen and oxygen atoms in total. The number of nitrogen functional groups attached to an aromatic ring is 1. The fraction of sp³-hybridized carbons (Fsp3) is 0.294. The topological polar surface area (TPSA) is 47.3 Å². The Morgan fingerprint density at radius 2 is 1.85 bits per heavy atom. The van der Waals surface area contributed by atoms with Gasteiger partial charge in [0.15, 0.2) is 0 Å². The Hall–Kier alpha value is -2.00. The molecule has 0 saturated heterocycles. The van der Waals surface area contributed by atoms with Gasteiger partial charge in [-0.05, 0) is 23.8 Å². The number of rotatable bonds is 6. The lowest BCUT2D eigenvalue weighted by Gasteiger charge is -2.14. The molecule has 0 bridgehead atoms. The molecule has 0 radical (unpaired) electrons. The smallest absolute Gasteiger partial charge is 0.124 e. The standard InChI is InChI=1S/C17H22N2O/c1-13(2)19-11-15-10-16(18)8-9-17(15)20-12-14-6-4-3-5-7-14/h3-10,13,19H,11-12,18H2,1-2H3. The average Bonchev–Trinajstić information content (AvgIpc) is 2.45. The minimum atomic E-state index is 0.429. The van der Waals surface area contributed by atoms with Crippen molar-refractivity contribution in [2.24, 2.45) is 0 Å². The summed E-state index contributed by atoms with van der Waals surface area (Å²) in [7, 11) is 0. The van der Waals surface area contributed by atoms with E-state index in [0.717, 1.165) is 29.1 Å². The third-order valence-electron chi connectivity index (χ3n) is 3.02. The summed E-state index contributed by atoms with van der Waals surface area (Å²) >= 11 is 0. The van der Waals surface area contributed by atoms with Gasteiger partial charge in [-0.15, -0.1) is 0 Å². The maximum atomic E-state index is 5.91. The van der Waals surface area contributed by atoms with E-state index in [0.29, 0.717) is 12.6 Å². The van der Waals surface area contributed by atoms with Crippen LogP contribution in [-0.2, 0) is 13.2 Å². The van der Waals surface area contributed by atoms with Crippen LogP contribution in [0.3, 0.4) is 0 Å². The lowest BCUT2D eigenvalue weighted by Crippen LogP contribution is -2.22. The third kappa shape index (κ3) is 4.28. The van der Waals surface area contributed by atoms with E-state index in [2.05, 4.69) is 31.3 Å². The number of benzene rings is 2. The Kier molecular flexibility index (Phi) is 5.02. The van der Waals surface area contributed by atoms with Crippen LogP contribution < -0.4 is 15.8 Å². The van der Waals surface area contributed by atoms with E-state index in [1.807, 2.05) is 36.4 Å². The van der Waals surface area contributed by atoms with E-state index in [-0.39, 0.29) is 0 Å². The first-order chi connectivity index (χ1) is 9.65. The lowest BCUT2D eigenvalue weighted by atomic mass is 10.1. The maximum Gasteiger partial charge on any atom is 0.124 e. The molecule has 0 unspecified atom stereocenters. The quantitative estimate of drug-likeness (QED) is 0.791. The van der Waals surface area contributed by atoms with Gasteiger partial charge < -0.3 is 15.8 Å². The molecule has 20 heavy (non-hydrogen) atoms. The molecule has 3 N–H and O–H groups in total. The van der Waals surface area contributed by atoms with Gasteiger partial charge in [0.05, 0.1) is 0 Å². The molecule has 0 aliphatic rings. The SMILES string of the molecule is CC(C)NCc1cc(N)ccc1OCc1ccccc1. The highest BCUT2D eigenvalue weighted by Gasteiger charge is 2.05. The largest absolute Gasteiger partial charge is 0.489 e. The maximum absolute atomic E-state index is 5.91. The van der Waals surface area contributed by atoms with Crippen LogP contribution >= 0.6 is 0 Å². The summed E-state index contributed by atoms with van der Waals surface area (Å²) in [5, 5.41) is 3.39. The van der Waals surface area contributed by atoms with Crippen molar-refractivity contribution in [2.75, 3.05) is 5.73 Å². The molecule has 2 rings (SSSR count). The number of anilines is 1. The second-order valence-electron chi connectivity index (χ2n) is 5.18. The van der Waals surface area contributed by atoms with Gasteiger partial charge in [-0.2, -0.15) is 0 Å². The number of ether oxygens (including phenoxy) is 1. The predicted molar refractivity (Wildman–Crippen MR) is 83.6 cm³/mol. The van der Waals surface area contributed by atoms with Crippen molar-refractivity contribution in [3.05, 3.63) is 59.7 Å². The Balaban J connectivity index is 2.06. The molecule has 0 spiro atoms. The number of hydrogen-bond acceptors (Lipinski definition) is 3. The molecule has 0 aliphatic carbocycles. The van der Waals surface area contributed by atoms with Crippen LogP contribution in [0.2, 0.25) is 0 Å². The molecule has 2 aromatic carbocycles. The van der Waals surface area contributed by atoms with Crippen LogP contribution in [0.5, 0.6) is 5.75 Å². The van der Waals surface area contributed by atoms with Gasteiger partial charge in [-0.1, -0.05) is 44.2 Å². The molecule has 0 heterocycles. The van der Waals surface area contributed by atoms with Gasteiger partial charge in [-0.3, -0.25) is 0 Å². The van der Waals surface area contributed by atoms with Gasteiger partial charge in [0.2, 0.25) is 0 Å². The molecule has 0 fully saturated rings. The van der Waals surface area contributed by atoms with Gasteiger partial charge in [0.25, 0.3) is 0 Å². The first kappa shape index (κ1) is 14.4. The molecule has 2 aromatic rings. The first-order valence-electron chi connectivity index (χ1n) is 6.93. The monoisotopic (exact) mass is 270 g/mol. The molecular formula is C17H22N2O. The van der Waals surface area contributed by atoms with Crippen molar-refractivity contribution in [3.63, 3.8) is 0 Å². The second-order valence-corrected chi connectivity index (χ2v) is 5.18. The Morgan fingerprint density at radius 1 is 1.10 bits per heavy atom. The molecule has 0 aliphatic heterocycles. The van der Waals surface area contributed by atoms with E-state index >= 15 is 0 Å². The van der Waals surface area contributed by atoms with Crippen LogP contribution in [0.25, 0.3) is 0 Å². The van der Waals surface area contributed by atoms with Crippen molar-refractivity contribution in [1.82, 2.24) is 5.32 Å². The summed E-state index contributed by atoms with van der Waals surface area (Å²) in [6.45, 7) is 5.57. The zero-order chi connectivity index (χ0) is 14.4. The van der Waals surface area contributed by atoms with E-state index in [4.69, 9.17) is 10.5 Å². The van der Waals surface area contributed by atoms with Crippen LogP contribution in [0, 0.1) is 0 Å². The van der Waals surface area contributed by atoms with Gasteiger partial charge in [0.1, 0.15) is 12.4 Å². The second kappa shape index (κ2) is 6.96. The minimum absolute atomic E-state index is 0.429. The molecule has 0 aromatic heterocycles. The van der Waals surface area contributed by atoms with Crippen molar-refractivity contribution in [1.29, 1.82) is 0 Å². The third-order valence-corrected chi connectivity index (χ3v) is 3.02. The van der Waals surface area contributed by atoms with E-state index < -0.39 is 0 Å². The summed E-state index contributed by atoms with van der Waals surface area (Å²) in [6, 6.07) is 16.4. The number of hydrogen-bond donors (Lipinski definition) is 2. The van der Waals surface area contributed by atoms with Crippen LogP contribution in [0.15, 0.2) is 48.5 Å². The summed E-state index contributed by atoms with van der Waals surface area (Å²) in [5.74, 6) is 0.885. The summed E-state index contributed by atoms with van der Waals surface area (Å²) in [6.07, 6.45) is 0. The van der Waals surface area contributed by atoms with Crippen LogP contribution in [0.1, 0.15) is 25.0 Å². The van der Waals surface area contributed by atoms with Crippen LogP contribution in [0.4, 0.5) is 5.69 Å². The zero-order valence-electron chi connectivity index (χ0n) is 12.1. The number of nitrogens with one attached hydrogen (secondary N) is 1. The summed E-state index contributed by atoms with van der Waals surface area (Å²) < 4.78 is 5.91. The highest BCUT2D eigenvalue weighted by molar-refractivity contribution is 5.48. The zero-order valence-corrected chi connectivity index (χ0v) is 12.1. The van der Waals surface area contributed by atoms with Crippen molar-refractivity contribution < 1.29 is 4.74 Å². The first-order valence-corrected chi connectivity index (χ1v) is 6.93. The van der Waals surface area contributed by atoms with Crippen molar-refractivity contribution in [2.45, 2.75) is 33.0 Å². The molecule has 3 heteroatoms. The molecule has 0 saturated carbocycles. The fourth-order valence-corrected chi connectivity index (χ4v) is 1.93. The Labute approximate surface area is 120 Å². The van der Waals surface area contributed by atoms with Crippen molar-refractivity contribution >= 4 is 5.69 Å². The number of nitrogens with two attached hydrogens (primary N) is 1. The Morgan fingerprint density at radius 3 is 2.55 bits per heavy atom. The minimum Gasteiger partial charge on any atom is -0.489 e. The Bertz CT molecular complexity index is 538. The van der Waals surface area contributed by atoms with E-state index in [1.54, 1.807) is 0 Å². The van der Waals surface area contributed by atoms with Crippen molar-refractivity contribution in [3.8, 4) is 5.75 Å². The fourth-order valence-electron chi connectivity index (χ4n) is 1.93. The summed E-state index contributed by atoms with van der Waals surface area (Å²) in [4.78, 5) is 0. The molecule has 0 amide bonds. The van der Waals surface area contributed by atoms with Crippen LogP contribution in [-0.4, -0.2) is 6.04 Å². The predicted octanol–water partition coefficient (Wildman–Crippen LogP) is 3.35. The van der Waals surface area contributed by atoms with Gasteiger partial charge in [-0.25, -0.2) is 0 Å². The van der Waals surface area contributed by atoms with Gasteiger partial charge in [0, 0.05) is 23.8 Å². The van der Waals surface area contributed by atoms with Gasteiger partial charge >= 0.3 is 0 Å². The highest BCUT2D eigenvalue weighted by atomic mass is 16.5. The molecular weight excluding hydrogens is 248 g/mol. The summed E-state index contributed by atoms with van der Waals surface area (Å²) in [5.41, 5.74) is 8.87. The lowest BCUT2D eigenvalue weighted by molar-refractivity contribution is 0.302. The molecule has 106 valence electrons. The van der Waals surface area contributed by atoms with E-state index in [1.165, 1.54) is 0 Å².